The van der Waals surface area contributed by atoms with Crippen LogP contribution in [0.25, 0.3) is 0 Å². The van der Waals surface area contributed by atoms with E-state index in [0.29, 0.717) is 0 Å². The standard InChI is InChI=1S/C15H25N3O/c1-13-4-5-15(19-2)14(12-13)17-6-3-9-18-10-7-16-8-11-18/h4-5,12,16-17H,3,6-11H2,1-2H3. The summed E-state index contributed by atoms with van der Waals surface area (Å²) >= 11 is 0. The molecule has 0 saturated carbocycles. The highest BCUT2D eigenvalue weighted by atomic mass is 16.5. The van der Waals surface area contributed by atoms with Crippen LogP contribution in [0.1, 0.15) is 12.0 Å². The van der Waals surface area contributed by atoms with Crippen molar-refractivity contribution >= 4 is 5.69 Å². The molecule has 0 unspecified atom stereocenters. The van der Waals surface area contributed by atoms with Crippen LogP contribution in [0.3, 0.4) is 0 Å². The van der Waals surface area contributed by atoms with Crippen LogP contribution >= 0.6 is 0 Å². The zero-order valence-electron chi connectivity index (χ0n) is 12.0. The highest BCUT2D eigenvalue weighted by Crippen LogP contribution is 2.24. The van der Waals surface area contributed by atoms with Gasteiger partial charge in [-0.2, -0.15) is 0 Å². The molecular formula is C15H25N3O. The van der Waals surface area contributed by atoms with E-state index in [-0.39, 0.29) is 0 Å². The maximum atomic E-state index is 5.37. The van der Waals surface area contributed by atoms with Crippen molar-refractivity contribution in [2.24, 2.45) is 0 Å². The molecule has 1 aliphatic heterocycles. The first-order valence-electron chi connectivity index (χ1n) is 7.11. The van der Waals surface area contributed by atoms with Crippen molar-refractivity contribution in [3.8, 4) is 5.75 Å². The quantitative estimate of drug-likeness (QED) is 0.766. The third-order valence-electron chi connectivity index (χ3n) is 3.53. The van der Waals surface area contributed by atoms with Crippen LogP contribution in [0, 0.1) is 6.92 Å². The number of methoxy groups -OCH3 is 1. The van der Waals surface area contributed by atoms with Gasteiger partial charge in [-0.25, -0.2) is 0 Å². The number of nitrogens with zero attached hydrogens (tertiary/aromatic N) is 1. The average molecular weight is 263 g/mol. The lowest BCUT2D eigenvalue weighted by Gasteiger charge is -2.27. The predicted octanol–water partition coefficient (Wildman–Crippen LogP) is 1.71. The average Bonchev–Trinajstić information content (AvgIpc) is 2.45. The first-order chi connectivity index (χ1) is 9.29. The molecule has 1 saturated heterocycles. The largest absolute Gasteiger partial charge is 0.495 e. The van der Waals surface area contributed by atoms with Gasteiger partial charge in [0.1, 0.15) is 5.75 Å². The summed E-state index contributed by atoms with van der Waals surface area (Å²) in [5, 5.41) is 6.86. The number of rotatable bonds is 6. The van der Waals surface area contributed by atoms with Gasteiger partial charge in [0.25, 0.3) is 0 Å². The number of ether oxygens (including phenoxy) is 1. The Hall–Kier alpha value is -1.26. The Balaban J connectivity index is 1.74. The van der Waals surface area contributed by atoms with Crippen molar-refractivity contribution < 1.29 is 4.74 Å². The number of aryl methyl sites for hydroxylation is 1. The summed E-state index contributed by atoms with van der Waals surface area (Å²) in [6.07, 6.45) is 1.16. The van der Waals surface area contributed by atoms with Gasteiger partial charge in [-0.05, 0) is 37.6 Å². The number of nitrogens with one attached hydrogen (secondary N) is 2. The van der Waals surface area contributed by atoms with Crippen LogP contribution in [0.15, 0.2) is 18.2 Å². The van der Waals surface area contributed by atoms with E-state index in [9.17, 15) is 0 Å². The molecule has 0 amide bonds. The molecule has 0 aliphatic carbocycles. The minimum atomic E-state index is 0.924. The summed E-state index contributed by atoms with van der Waals surface area (Å²) in [6.45, 7) is 8.86. The minimum absolute atomic E-state index is 0.924. The summed E-state index contributed by atoms with van der Waals surface area (Å²) in [5.41, 5.74) is 2.35. The number of anilines is 1. The van der Waals surface area contributed by atoms with E-state index in [1.165, 1.54) is 25.2 Å². The highest BCUT2D eigenvalue weighted by Gasteiger charge is 2.08. The topological polar surface area (TPSA) is 36.5 Å². The van der Waals surface area contributed by atoms with Crippen LogP contribution in [-0.4, -0.2) is 51.3 Å². The number of benzene rings is 1. The second kappa shape index (κ2) is 7.36. The SMILES string of the molecule is COc1ccc(C)cc1NCCCN1CCNCC1. The lowest BCUT2D eigenvalue weighted by Crippen LogP contribution is -2.44. The van der Waals surface area contributed by atoms with E-state index >= 15 is 0 Å². The van der Waals surface area contributed by atoms with E-state index in [1.807, 2.05) is 6.07 Å². The molecule has 4 nitrogen and oxygen atoms in total. The predicted molar refractivity (Wildman–Crippen MR) is 80.1 cm³/mol. The highest BCUT2D eigenvalue weighted by molar-refractivity contribution is 5.57. The summed E-state index contributed by atoms with van der Waals surface area (Å²) in [4.78, 5) is 2.52. The fraction of sp³-hybridized carbons (Fsp3) is 0.600. The molecule has 0 spiro atoms. The zero-order valence-corrected chi connectivity index (χ0v) is 12.0. The molecule has 1 fully saturated rings. The van der Waals surface area contributed by atoms with Gasteiger partial charge < -0.3 is 20.3 Å². The van der Waals surface area contributed by atoms with Crippen LogP contribution in [0.4, 0.5) is 5.69 Å². The smallest absolute Gasteiger partial charge is 0.141 e. The van der Waals surface area contributed by atoms with Crippen molar-refractivity contribution in [1.29, 1.82) is 0 Å². The van der Waals surface area contributed by atoms with Gasteiger partial charge in [-0.1, -0.05) is 6.07 Å². The Morgan fingerprint density at radius 1 is 1.32 bits per heavy atom. The van der Waals surface area contributed by atoms with E-state index in [1.54, 1.807) is 7.11 Å². The van der Waals surface area contributed by atoms with Crippen molar-refractivity contribution in [2.45, 2.75) is 13.3 Å². The van der Waals surface area contributed by atoms with Crippen molar-refractivity contribution in [1.82, 2.24) is 10.2 Å². The van der Waals surface area contributed by atoms with E-state index < -0.39 is 0 Å². The van der Waals surface area contributed by atoms with Gasteiger partial charge in [-0.3, -0.25) is 0 Å². The lowest BCUT2D eigenvalue weighted by molar-refractivity contribution is 0.240. The maximum absolute atomic E-state index is 5.37. The van der Waals surface area contributed by atoms with Gasteiger partial charge in [0.05, 0.1) is 12.8 Å². The summed E-state index contributed by atoms with van der Waals surface area (Å²) in [5.74, 6) is 0.924. The normalized spacial score (nSPS) is 16.3. The maximum Gasteiger partial charge on any atom is 0.141 e. The Morgan fingerprint density at radius 3 is 2.84 bits per heavy atom. The van der Waals surface area contributed by atoms with Crippen molar-refractivity contribution in [3.63, 3.8) is 0 Å². The molecular weight excluding hydrogens is 238 g/mol. The van der Waals surface area contributed by atoms with Crippen molar-refractivity contribution in [3.05, 3.63) is 23.8 Å². The van der Waals surface area contributed by atoms with Gasteiger partial charge in [-0.15, -0.1) is 0 Å². The van der Waals surface area contributed by atoms with Gasteiger partial charge in [0.2, 0.25) is 0 Å². The monoisotopic (exact) mass is 263 g/mol. The Labute approximate surface area is 116 Å². The summed E-state index contributed by atoms with van der Waals surface area (Å²) in [7, 11) is 1.72. The third kappa shape index (κ3) is 4.40. The van der Waals surface area contributed by atoms with Crippen molar-refractivity contribution in [2.75, 3.05) is 51.7 Å². The molecule has 0 bridgehead atoms. The first kappa shape index (κ1) is 14.2. The third-order valence-corrected chi connectivity index (χ3v) is 3.53. The van der Waals surface area contributed by atoms with Crippen LogP contribution in [0.2, 0.25) is 0 Å². The molecule has 106 valence electrons. The molecule has 0 aromatic heterocycles. The zero-order chi connectivity index (χ0) is 13.5. The molecule has 0 atom stereocenters. The number of hydrogen-bond donors (Lipinski definition) is 2. The second-order valence-electron chi connectivity index (χ2n) is 5.08. The molecule has 1 heterocycles. The Bertz CT molecular complexity index is 389. The van der Waals surface area contributed by atoms with E-state index in [2.05, 4.69) is 34.6 Å². The number of hydrogen-bond acceptors (Lipinski definition) is 4. The molecule has 0 radical (unpaired) electrons. The summed E-state index contributed by atoms with van der Waals surface area (Å²) < 4.78 is 5.37. The van der Waals surface area contributed by atoms with E-state index in [4.69, 9.17) is 4.74 Å². The molecule has 2 rings (SSSR count). The van der Waals surface area contributed by atoms with Gasteiger partial charge in [0.15, 0.2) is 0 Å². The first-order valence-corrected chi connectivity index (χ1v) is 7.11. The van der Waals surface area contributed by atoms with Crippen LogP contribution < -0.4 is 15.4 Å². The molecule has 4 heteroatoms. The second-order valence-corrected chi connectivity index (χ2v) is 5.08. The van der Waals surface area contributed by atoms with E-state index in [0.717, 1.165) is 37.5 Å². The minimum Gasteiger partial charge on any atom is -0.495 e. The molecule has 19 heavy (non-hydrogen) atoms. The lowest BCUT2D eigenvalue weighted by atomic mass is 10.2. The fourth-order valence-corrected chi connectivity index (χ4v) is 2.42. The fourth-order valence-electron chi connectivity index (χ4n) is 2.42. The van der Waals surface area contributed by atoms with Crippen LogP contribution in [-0.2, 0) is 0 Å². The van der Waals surface area contributed by atoms with Gasteiger partial charge in [0, 0.05) is 32.7 Å². The molecule has 1 aromatic carbocycles. The van der Waals surface area contributed by atoms with Crippen LogP contribution in [0.5, 0.6) is 5.75 Å². The molecule has 1 aromatic rings. The summed E-state index contributed by atoms with van der Waals surface area (Å²) in [6, 6.07) is 6.24. The Morgan fingerprint density at radius 2 is 2.11 bits per heavy atom. The Kier molecular flexibility index (Phi) is 5.48. The number of piperazine rings is 1. The molecule has 2 N–H and O–H groups in total. The molecule has 1 aliphatic rings. The van der Waals surface area contributed by atoms with Gasteiger partial charge >= 0.3 is 0 Å².